The fourth-order valence-electron chi connectivity index (χ4n) is 0.993. The molecule has 1 rings (SSSR count). The average molecular weight is 295 g/mol. The highest BCUT2D eigenvalue weighted by Gasteiger charge is 2.04. The molecule has 114 valence electrons. The van der Waals surface area contributed by atoms with E-state index < -0.39 is 11.9 Å². The molecular formula is C14H17NO6. The summed E-state index contributed by atoms with van der Waals surface area (Å²) >= 11 is 0. The van der Waals surface area contributed by atoms with Gasteiger partial charge in [-0.15, -0.1) is 0 Å². The van der Waals surface area contributed by atoms with Crippen molar-refractivity contribution in [3.63, 3.8) is 0 Å². The number of hydrogen-bond acceptors (Lipinski definition) is 5. The number of carbonyl (C=O) groups is 2. The second-order valence-electron chi connectivity index (χ2n) is 3.46. The molecule has 7 nitrogen and oxygen atoms in total. The number of aliphatic carboxylic acids is 2. The summed E-state index contributed by atoms with van der Waals surface area (Å²) in [6.45, 7) is 1.10. The maximum Gasteiger partial charge on any atom is 0.414 e. The molecule has 21 heavy (non-hydrogen) atoms. The molecular weight excluding hydrogens is 278 g/mol. The highest BCUT2D eigenvalue weighted by atomic mass is 16.5. The fraction of sp³-hybridized carbons (Fsp3) is 0.286. The van der Waals surface area contributed by atoms with Crippen LogP contribution in [0.3, 0.4) is 0 Å². The van der Waals surface area contributed by atoms with E-state index in [9.17, 15) is 0 Å². The molecule has 0 unspecified atom stereocenters. The standard InChI is InChI=1S/C12H15NO2.C2H2O4/c1-13-9-3-4-10-15-12-7-5-11(14-2)6-8-12;3-1(4)2(5)6/h5-8,13H,9-10H2,1-2H3;(H,3,4)(H,5,6). The number of methoxy groups -OCH3 is 1. The molecule has 3 N–H and O–H groups in total. The Morgan fingerprint density at radius 2 is 1.62 bits per heavy atom. The molecule has 0 bridgehead atoms. The normalized spacial score (nSPS) is 8.48. The van der Waals surface area contributed by atoms with Crippen molar-refractivity contribution in [1.82, 2.24) is 5.32 Å². The van der Waals surface area contributed by atoms with Crippen molar-refractivity contribution in [2.45, 2.75) is 0 Å². The van der Waals surface area contributed by atoms with Gasteiger partial charge in [-0.1, -0.05) is 11.8 Å². The van der Waals surface area contributed by atoms with E-state index in [1.54, 1.807) is 7.11 Å². The Bertz CT molecular complexity index is 488. The smallest absolute Gasteiger partial charge is 0.414 e. The molecule has 0 aliphatic carbocycles. The topological polar surface area (TPSA) is 105 Å². The van der Waals surface area contributed by atoms with Gasteiger partial charge in [0.1, 0.15) is 18.1 Å². The first-order valence-corrected chi connectivity index (χ1v) is 5.84. The Balaban J connectivity index is 0.000000567. The maximum atomic E-state index is 9.10. The molecule has 0 aliphatic rings. The van der Waals surface area contributed by atoms with Gasteiger partial charge in [0.2, 0.25) is 0 Å². The van der Waals surface area contributed by atoms with Crippen molar-refractivity contribution in [2.24, 2.45) is 0 Å². The Morgan fingerprint density at radius 1 is 1.10 bits per heavy atom. The van der Waals surface area contributed by atoms with Gasteiger partial charge >= 0.3 is 11.9 Å². The highest BCUT2D eigenvalue weighted by Crippen LogP contribution is 2.16. The first-order chi connectivity index (χ1) is 10.0. The van der Waals surface area contributed by atoms with Crippen LogP contribution in [0.2, 0.25) is 0 Å². The number of carboxylic acid groups (broad SMARTS) is 2. The fourth-order valence-corrected chi connectivity index (χ4v) is 0.993. The summed E-state index contributed by atoms with van der Waals surface area (Å²) in [6.07, 6.45) is 0. The molecule has 0 aromatic heterocycles. The predicted octanol–water partition coefficient (Wildman–Crippen LogP) is 0.452. The number of ether oxygens (including phenoxy) is 2. The van der Waals surface area contributed by atoms with Crippen LogP contribution in [0.15, 0.2) is 24.3 Å². The molecule has 0 fully saturated rings. The van der Waals surface area contributed by atoms with E-state index in [2.05, 4.69) is 17.2 Å². The quantitative estimate of drug-likeness (QED) is 0.547. The zero-order chi connectivity index (χ0) is 16.1. The first kappa shape index (κ1) is 18.3. The molecule has 0 atom stereocenters. The lowest BCUT2D eigenvalue weighted by molar-refractivity contribution is -0.159. The second kappa shape index (κ2) is 11.1. The van der Waals surface area contributed by atoms with Crippen LogP contribution in [0.4, 0.5) is 0 Å². The summed E-state index contributed by atoms with van der Waals surface area (Å²) in [5.74, 6) is 3.79. The summed E-state index contributed by atoms with van der Waals surface area (Å²) in [4.78, 5) is 18.2. The number of rotatable bonds is 4. The molecule has 0 amide bonds. The van der Waals surface area contributed by atoms with Crippen molar-refractivity contribution in [2.75, 3.05) is 27.3 Å². The number of carboxylic acids is 2. The predicted molar refractivity (Wildman–Crippen MR) is 75.5 cm³/mol. The Kier molecular flexibility index (Phi) is 9.69. The monoisotopic (exact) mass is 295 g/mol. The van der Waals surface area contributed by atoms with Gasteiger partial charge in [0.25, 0.3) is 0 Å². The van der Waals surface area contributed by atoms with E-state index in [1.165, 1.54) is 0 Å². The molecule has 0 radical (unpaired) electrons. The number of hydrogen-bond donors (Lipinski definition) is 3. The van der Waals surface area contributed by atoms with Gasteiger partial charge in [0.15, 0.2) is 0 Å². The van der Waals surface area contributed by atoms with Gasteiger partial charge in [0.05, 0.1) is 13.7 Å². The number of benzene rings is 1. The van der Waals surface area contributed by atoms with Gasteiger partial charge in [0, 0.05) is 0 Å². The van der Waals surface area contributed by atoms with Crippen LogP contribution in [0.1, 0.15) is 0 Å². The summed E-state index contributed by atoms with van der Waals surface area (Å²) < 4.78 is 10.4. The van der Waals surface area contributed by atoms with Crippen molar-refractivity contribution < 1.29 is 29.3 Å². The summed E-state index contributed by atoms with van der Waals surface area (Å²) in [5.41, 5.74) is 0. The molecule has 7 heteroatoms. The summed E-state index contributed by atoms with van der Waals surface area (Å²) in [5, 5.41) is 17.7. The van der Waals surface area contributed by atoms with Crippen LogP contribution < -0.4 is 14.8 Å². The van der Waals surface area contributed by atoms with Gasteiger partial charge in [-0.05, 0) is 31.3 Å². The molecule has 0 aliphatic heterocycles. The van der Waals surface area contributed by atoms with E-state index in [0.29, 0.717) is 13.2 Å². The van der Waals surface area contributed by atoms with Crippen LogP contribution in [-0.2, 0) is 9.59 Å². The first-order valence-electron chi connectivity index (χ1n) is 5.84. The van der Waals surface area contributed by atoms with Crippen LogP contribution in [-0.4, -0.2) is 49.5 Å². The van der Waals surface area contributed by atoms with Crippen molar-refractivity contribution in [3.8, 4) is 23.3 Å². The lowest BCUT2D eigenvalue weighted by Crippen LogP contribution is -2.09. The Morgan fingerprint density at radius 3 is 2.05 bits per heavy atom. The minimum absolute atomic E-state index is 0.411. The SMILES string of the molecule is CNCC#CCOc1ccc(OC)cc1.O=C(O)C(=O)O. The van der Waals surface area contributed by atoms with Crippen LogP contribution >= 0.6 is 0 Å². The second-order valence-corrected chi connectivity index (χ2v) is 3.46. The van der Waals surface area contributed by atoms with Gasteiger partial charge in [-0.2, -0.15) is 0 Å². The third kappa shape index (κ3) is 9.81. The van der Waals surface area contributed by atoms with E-state index in [1.807, 2.05) is 31.3 Å². The van der Waals surface area contributed by atoms with E-state index in [-0.39, 0.29) is 0 Å². The van der Waals surface area contributed by atoms with Crippen LogP contribution in [0.5, 0.6) is 11.5 Å². The van der Waals surface area contributed by atoms with E-state index in [0.717, 1.165) is 11.5 Å². The minimum Gasteiger partial charge on any atom is -0.497 e. The van der Waals surface area contributed by atoms with E-state index >= 15 is 0 Å². The summed E-state index contributed by atoms with van der Waals surface area (Å²) in [7, 11) is 3.50. The number of nitrogens with one attached hydrogen (secondary N) is 1. The zero-order valence-electron chi connectivity index (χ0n) is 11.8. The lowest BCUT2D eigenvalue weighted by atomic mass is 10.3. The molecule has 0 saturated carbocycles. The van der Waals surface area contributed by atoms with Gasteiger partial charge in [-0.3, -0.25) is 0 Å². The molecule has 0 saturated heterocycles. The van der Waals surface area contributed by atoms with Crippen molar-refractivity contribution >= 4 is 11.9 Å². The van der Waals surface area contributed by atoms with Gasteiger partial charge < -0.3 is 25.0 Å². The third-order valence-electron chi connectivity index (χ3n) is 1.94. The molecule has 0 spiro atoms. The van der Waals surface area contributed by atoms with Crippen molar-refractivity contribution in [3.05, 3.63) is 24.3 Å². The molecule has 1 aromatic rings. The van der Waals surface area contributed by atoms with Crippen molar-refractivity contribution in [1.29, 1.82) is 0 Å². The summed E-state index contributed by atoms with van der Waals surface area (Å²) in [6, 6.07) is 7.43. The van der Waals surface area contributed by atoms with Gasteiger partial charge in [-0.25, -0.2) is 9.59 Å². The average Bonchev–Trinajstić information content (AvgIpc) is 2.48. The van der Waals surface area contributed by atoms with Crippen LogP contribution in [0.25, 0.3) is 0 Å². The highest BCUT2D eigenvalue weighted by molar-refractivity contribution is 6.27. The maximum absolute atomic E-state index is 9.10. The van der Waals surface area contributed by atoms with Crippen LogP contribution in [0, 0.1) is 11.8 Å². The Hall–Kier alpha value is -2.72. The molecule has 0 heterocycles. The zero-order valence-corrected chi connectivity index (χ0v) is 11.8. The minimum atomic E-state index is -1.82. The largest absolute Gasteiger partial charge is 0.497 e. The lowest BCUT2D eigenvalue weighted by Gasteiger charge is -2.03. The molecule has 1 aromatic carbocycles. The van der Waals surface area contributed by atoms with E-state index in [4.69, 9.17) is 29.3 Å². The third-order valence-corrected chi connectivity index (χ3v) is 1.94. The Labute approximate surface area is 122 Å².